The number of likely N-dealkylation sites (N-methyl/N-ethyl adjacent to an activating group) is 1. The minimum absolute atomic E-state index is 0.0598. The van der Waals surface area contributed by atoms with Crippen LogP contribution in [0.2, 0.25) is 0 Å². The minimum Gasteiger partial charge on any atom is -0.372 e. The fourth-order valence-corrected chi connectivity index (χ4v) is 2.42. The average molecular weight is 368 g/mol. The van der Waals surface area contributed by atoms with Gasteiger partial charge in [-0.15, -0.1) is 0 Å². The summed E-state index contributed by atoms with van der Waals surface area (Å²) >= 11 is 0. The molecule has 7 nitrogen and oxygen atoms in total. The topological polar surface area (TPSA) is 73.9 Å². The van der Waals surface area contributed by atoms with Gasteiger partial charge in [-0.25, -0.2) is 4.79 Å². The molecule has 0 aromatic rings. The molecule has 1 aliphatic heterocycles. The summed E-state index contributed by atoms with van der Waals surface area (Å²) in [6.07, 6.45) is -3.78. The number of urea groups is 1. The van der Waals surface area contributed by atoms with Crippen LogP contribution in [0.15, 0.2) is 0 Å². The second-order valence-electron chi connectivity index (χ2n) is 5.92. The van der Waals surface area contributed by atoms with Crippen LogP contribution in [-0.2, 0) is 9.53 Å². The van der Waals surface area contributed by atoms with Crippen LogP contribution in [0.1, 0.15) is 20.3 Å². The van der Waals surface area contributed by atoms with Crippen LogP contribution in [0.4, 0.5) is 18.0 Å². The first-order chi connectivity index (χ1) is 11.7. The summed E-state index contributed by atoms with van der Waals surface area (Å²) in [5.41, 5.74) is 0. The summed E-state index contributed by atoms with van der Waals surface area (Å²) < 4.78 is 40.4. The molecule has 0 radical (unpaired) electrons. The molecule has 0 aromatic heterocycles. The number of hydrogen-bond donors (Lipinski definition) is 2. The first kappa shape index (κ1) is 21.5. The van der Waals surface area contributed by atoms with E-state index in [0.717, 1.165) is 0 Å². The Kier molecular flexibility index (Phi) is 8.98. The van der Waals surface area contributed by atoms with Crippen molar-refractivity contribution in [3.8, 4) is 0 Å². The van der Waals surface area contributed by atoms with E-state index in [4.69, 9.17) is 0 Å². The highest BCUT2D eigenvalue weighted by molar-refractivity contribution is 5.86. The Morgan fingerprint density at radius 3 is 2.40 bits per heavy atom. The van der Waals surface area contributed by atoms with E-state index in [1.165, 1.54) is 0 Å². The van der Waals surface area contributed by atoms with E-state index in [2.05, 4.69) is 20.3 Å². The van der Waals surface area contributed by atoms with Crippen molar-refractivity contribution >= 4 is 11.9 Å². The molecule has 0 saturated carbocycles. The Labute approximate surface area is 145 Å². The van der Waals surface area contributed by atoms with Crippen molar-refractivity contribution in [2.45, 2.75) is 32.5 Å². The molecular formula is C15H27F3N4O3. The lowest BCUT2D eigenvalue weighted by atomic mass is 10.3. The fourth-order valence-electron chi connectivity index (χ4n) is 2.42. The Morgan fingerprint density at radius 1 is 1.20 bits per heavy atom. The van der Waals surface area contributed by atoms with E-state index in [9.17, 15) is 22.8 Å². The van der Waals surface area contributed by atoms with Crippen molar-refractivity contribution in [2.24, 2.45) is 0 Å². The van der Waals surface area contributed by atoms with Gasteiger partial charge in [0.15, 0.2) is 0 Å². The lowest BCUT2D eigenvalue weighted by Crippen LogP contribution is -2.55. The predicted molar refractivity (Wildman–Crippen MR) is 86.2 cm³/mol. The molecule has 146 valence electrons. The number of carbonyl (C=O) groups excluding carboxylic acids is 2. The fraction of sp³-hybridized carbons (Fsp3) is 0.867. The lowest BCUT2D eigenvalue weighted by molar-refractivity contribution is -0.174. The maximum atomic E-state index is 12.1. The van der Waals surface area contributed by atoms with Crippen LogP contribution >= 0.6 is 0 Å². The Balaban J connectivity index is 2.18. The minimum atomic E-state index is -4.29. The van der Waals surface area contributed by atoms with E-state index < -0.39 is 18.8 Å². The molecule has 10 heteroatoms. The second kappa shape index (κ2) is 10.4. The highest BCUT2D eigenvalue weighted by atomic mass is 19.4. The van der Waals surface area contributed by atoms with Gasteiger partial charge in [-0.2, -0.15) is 13.2 Å². The van der Waals surface area contributed by atoms with Gasteiger partial charge < -0.3 is 20.3 Å². The van der Waals surface area contributed by atoms with E-state index >= 15 is 0 Å². The number of rotatable bonds is 8. The Bertz CT molecular complexity index is 427. The smallest absolute Gasteiger partial charge is 0.372 e. The molecule has 0 spiro atoms. The third-order valence-corrected chi connectivity index (χ3v) is 3.77. The van der Waals surface area contributed by atoms with Crippen molar-refractivity contribution in [2.75, 3.05) is 52.5 Å². The number of nitrogens with zero attached hydrogens (tertiary/aromatic N) is 2. The van der Waals surface area contributed by atoms with Gasteiger partial charge in [0.1, 0.15) is 12.6 Å². The molecule has 0 aliphatic carbocycles. The van der Waals surface area contributed by atoms with Gasteiger partial charge in [0.05, 0.1) is 0 Å². The van der Waals surface area contributed by atoms with Crippen molar-refractivity contribution in [3.63, 3.8) is 0 Å². The first-order valence-electron chi connectivity index (χ1n) is 8.43. The zero-order chi connectivity index (χ0) is 18.9. The van der Waals surface area contributed by atoms with Gasteiger partial charge in [-0.1, -0.05) is 0 Å². The van der Waals surface area contributed by atoms with E-state index in [1.807, 2.05) is 0 Å². The number of halogens is 3. The van der Waals surface area contributed by atoms with Crippen LogP contribution in [-0.4, -0.2) is 86.4 Å². The van der Waals surface area contributed by atoms with Crippen molar-refractivity contribution in [1.29, 1.82) is 0 Å². The average Bonchev–Trinajstić information content (AvgIpc) is 2.54. The third kappa shape index (κ3) is 8.92. The van der Waals surface area contributed by atoms with Gasteiger partial charge in [-0.3, -0.25) is 9.69 Å². The van der Waals surface area contributed by atoms with Gasteiger partial charge >= 0.3 is 12.2 Å². The number of nitrogens with one attached hydrogen (secondary N) is 2. The van der Waals surface area contributed by atoms with Crippen molar-refractivity contribution in [3.05, 3.63) is 0 Å². The van der Waals surface area contributed by atoms with Crippen LogP contribution in [0.3, 0.4) is 0 Å². The van der Waals surface area contributed by atoms with Gasteiger partial charge in [0.2, 0.25) is 5.91 Å². The lowest BCUT2D eigenvalue weighted by Gasteiger charge is -2.35. The summed E-state index contributed by atoms with van der Waals surface area (Å²) in [5, 5.41) is 5.29. The molecule has 1 unspecified atom stereocenters. The van der Waals surface area contributed by atoms with Crippen LogP contribution in [0, 0.1) is 0 Å². The van der Waals surface area contributed by atoms with Crippen LogP contribution in [0.25, 0.3) is 0 Å². The molecule has 1 heterocycles. The number of piperazine rings is 1. The van der Waals surface area contributed by atoms with Crippen LogP contribution < -0.4 is 10.6 Å². The second-order valence-corrected chi connectivity index (χ2v) is 5.92. The molecule has 1 saturated heterocycles. The van der Waals surface area contributed by atoms with Gasteiger partial charge in [-0.05, 0) is 20.3 Å². The number of alkyl halides is 3. The summed E-state index contributed by atoms with van der Waals surface area (Å²) in [6, 6.07) is -0.886. The first-order valence-corrected chi connectivity index (χ1v) is 8.43. The Hall–Kier alpha value is -1.55. The molecule has 0 aromatic carbocycles. The maximum absolute atomic E-state index is 12.1. The SMILES string of the molecule is CCNC(=O)C(C)NC(=O)N1CCN(CCCOCC(F)(F)F)CC1. The molecule has 0 bridgehead atoms. The number of carbonyl (C=O) groups is 2. The molecular weight excluding hydrogens is 341 g/mol. The van der Waals surface area contributed by atoms with Crippen LogP contribution in [0.5, 0.6) is 0 Å². The van der Waals surface area contributed by atoms with Gasteiger partial charge in [0.25, 0.3) is 0 Å². The molecule has 1 rings (SSSR count). The number of ether oxygens (including phenoxy) is 1. The zero-order valence-electron chi connectivity index (χ0n) is 14.7. The standard InChI is InChI=1S/C15H27F3N4O3/c1-3-19-13(23)12(2)20-14(24)22-8-6-21(7-9-22)5-4-10-25-11-15(16,17)18/h12H,3-11H2,1-2H3,(H,19,23)(H,20,24). The zero-order valence-corrected chi connectivity index (χ0v) is 14.7. The summed E-state index contributed by atoms with van der Waals surface area (Å²) in [7, 11) is 0. The maximum Gasteiger partial charge on any atom is 0.411 e. The van der Waals surface area contributed by atoms with E-state index in [1.54, 1.807) is 18.7 Å². The highest BCUT2D eigenvalue weighted by Gasteiger charge is 2.27. The third-order valence-electron chi connectivity index (χ3n) is 3.77. The van der Waals surface area contributed by atoms with E-state index in [-0.39, 0.29) is 18.5 Å². The summed E-state index contributed by atoms with van der Waals surface area (Å²) in [6.45, 7) is 5.71. The summed E-state index contributed by atoms with van der Waals surface area (Å²) in [4.78, 5) is 27.4. The number of amides is 3. The number of hydrogen-bond acceptors (Lipinski definition) is 4. The highest BCUT2D eigenvalue weighted by Crippen LogP contribution is 2.14. The predicted octanol–water partition coefficient (Wildman–Crippen LogP) is 0.807. The molecule has 3 amide bonds. The molecule has 1 atom stereocenters. The molecule has 25 heavy (non-hydrogen) atoms. The molecule has 2 N–H and O–H groups in total. The summed E-state index contributed by atoms with van der Waals surface area (Å²) in [5.74, 6) is -0.228. The largest absolute Gasteiger partial charge is 0.411 e. The van der Waals surface area contributed by atoms with Crippen molar-refractivity contribution < 1.29 is 27.5 Å². The molecule has 1 aliphatic rings. The molecule has 1 fully saturated rings. The quantitative estimate of drug-likeness (QED) is 0.622. The van der Waals surface area contributed by atoms with Crippen molar-refractivity contribution in [1.82, 2.24) is 20.4 Å². The normalized spacial score (nSPS) is 17.2. The monoisotopic (exact) mass is 368 g/mol. The van der Waals surface area contributed by atoms with E-state index in [0.29, 0.717) is 45.7 Å². The Morgan fingerprint density at radius 2 is 1.84 bits per heavy atom. The van der Waals surface area contributed by atoms with Gasteiger partial charge in [0, 0.05) is 45.9 Å².